The molecule has 1 atom stereocenters. The number of nitriles is 1. The fourth-order valence-electron chi connectivity index (χ4n) is 3.51. The zero-order valence-corrected chi connectivity index (χ0v) is 24.1. The third-order valence-corrected chi connectivity index (χ3v) is 9.92. The number of aryl methyl sites for hydroxylation is 2. The van der Waals surface area contributed by atoms with Gasteiger partial charge in [-0.3, -0.25) is 0 Å². The summed E-state index contributed by atoms with van der Waals surface area (Å²) in [6, 6.07) is 8.21. The number of nitrogens with zero attached hydrogens (tertiary/aromatic N) is 2. The lowest BCUT2D eigenvalue weighted by atomic mass is 10.0. The molecule has 0 aliphatic rings. The maximum absolute atomic E-state index is 13.1. The van der Waals surface area contributed by atoms with Crippen molar-refractivity contribution in [1.29, 1.82) is 5.26 Å². The van der Waals surface area contributed by atoms with E-state index in [0.717, 1.165) is 52.4 Å². The minimum absolute atomic E-state index is 0. The van der Waals surface area contributed by atoms with Crippen LogP contribution >= 0.6 is 31.3 Å². The third-order valence-electron chi connectivity index (χ3n) is 5.38. The van der Waals surface area contributed by atoms with Crippen molar-refractivity contribution in [2.45, 2.75) is 36.8 Å². The predicted octanol–water partition coefficient (Wildman–Crippen LogP) is 3.41. The van der Waals surface area contributed by atoms with Crippen LogP contribution in [0.1, 0.15) is 36.1 Å². The number of rotatable bonds is 14. The summed E-state index contributed by atoms with van der Waals surface area (Å²) in [4.78, 5) is 13.9. The second kappa shape index (κ2) is 14.2. The first-order chi connectivity index (χ1) is 17.6. The number of hydrogen-bond acceptors (Lipinski definition) is 10. The Morgan fingerprint density at radius 1 is 1.21 bits per heavy atom. The lowest BCUT2D eigenvalue weighted by molar-refractivity contribution is 0.310. The lowest BCUT2D eigenvalue weighted by Gasteiger charge is -2.14. The Hall–Kier alpha value is -2.27. The first kappa shape index (κ1) is 31.9. The molecule has 0 saturated heterocycles. The number of thiophene rings is 1. The monoisotopic (exact) mass is 603 g/mol. The van der Waals surface area contributed by atoms with Gasteiger partial charge in [-0.2, -0.15) is 9.98 Å². The van der Waals surface area contributed by atoms with E-state index in [9.17, 15) is 17.9 Å². The van der Waals surface area contributed by atoms with Crippen LogP contribution in [0.3, 0.4) is 0 Å². The van der Waals surface area contributed by atoms with Crippen molar-refractivity contribution >= 4 is 51.4 Å². The highest BCUT2D eigenvalue weighted by molar-refractivity contribution is 7.92. The molecule has 2 heterocycles. The summed E-state index contributed by atoms with van der Waals surface area (Å²) in [6.07, 6.45) is 3.42. The van der Waals surface area contributed by atoms with E-state index in [1.54, 1.807) is 6.92 Å². The molecular formula is C23H31ClN5O6PS2. The summed E-state index contributed by atoms with van der Waals surface area (Å²) < 4.78 is 52.7. The number of pyridine rings is 1. The van der Waals surface area contributed by atoms with Crippen LogP contribution in [0.4, 0.5) is 0 Å². The third kappa shape index (κ3) is 8.36. The maximum Gasteiger partial charge on any atom is 0.391 e. The molecule has 0 aliphatic heterocycles. The van der Waals surface area contributed by atoms with E-state index in [1.807, 2.05) is 18.2 Å². The van der Waals surface area contributed by atoms with Crippen molar-refractivity contribution in [2.24, 2.45) is 11.5 Å². The molecule has 0 radical (unpaired) electrons. The van der Waals surface area contributed by atoms with E-state index in [2.05, 4.69) is 9.71 Å². The molecule has 2 aromatic heterocycles. The Morgan fingerprint density at radius 2 is 1.95 bits per heavy atom. The largest absolute Gasteiger partial charge is 0.493 e. The van der Waals surface area contributed by atoms with E-state index in [0.29, 0.717) is 37.4 Å². The molecule has 11 nitrogen and oxygen atoms in total. The van der Waals surface area contributed by atoms with Crippen LogP contribution in [0, 0.1) is 18.3 Å². The highest BCUT2D eigenvalue weighted by Gasteiger charge is 2.28. The van der Waals surface area contributed by atoms with Gasteiger partial charge in [-0.15, -0.1) is 23.7 Å². The maximum atomic E-state index is 13.1. The van der Waals surface area contributed by atoms with Crippen LogP contribution in [-0.4, -0.2) is 44.3 Å². The number of fused-ring (bicyclic) bond motifs is 1. The SMILES string of the molecule is Cc1c(S(=O)(=O)NCP(=O)(O)Oc2ccc(C#N)nc2)sc2cc(CCCCN)c(OCCCN)cc12.Cl. The van der Waals surface area contributed by atoms with Gasteiger partial charge in [-0.05, 0) is 81.1 Å². The normalized spacial score (nSPS) is 12.9. The average Bonchev–Trinajstić information content (AvgIpc) is 3.19. The molecule has 38 heavy (non-hydrogen) atoms. The van der Waals surface area contributed by atoms with E-state index < -0.39 is 23.9 Å². The number of nitrogens with one attached hydrogen (secondary N) is 1. The lowest BCUT2D eigenvalue weighted by Crippen LogP contribution is -2.25. The van der Waals surface area contributed by atoms with E-state index in [1.165, 1.54) is 12.1 Å². The average molecular weight is 604 g/mol. The molecule has 3 rings (SSSR count). The summed E-state index contributed by atoms with van der Waals surface area (Å²) in [7, 11) is -8.53. The van der Waals surface area contributed by atoms with Crippen molar-refractivity contribution in [2.75, 3.05) is 26.0 Å². The molecule has 0 bridgehead atoms. The molecule has 0 spiro atoms. The van der Waals surface area contributed by atoms with Gasteiger partial charge in [0.05, 0.1) is 12.8 Å². The van der Waals surface area contributed by atoms with Crippen LogP contribution in [0.25, 0.3) is 10.1 Å². The van der Waals surface area contributed by atoms with Crippen LogP contribution in [-0.2, 0) is 21.0 Å². The number of nitrogens with two attached hydrogens (primary N) is 2. The number of aromatic nitrogens is 1. The molecule has 0 fully saturated rings. The Bertz CT molecular complexity index is 1430. The molecule has 208 valence electrons. The zero-order chi connectivity index (χ0) is 27.1. The molecule has 3 aromatic rings. The smallest absolute Gasteiger partial charge is 0.391 e. The summed E-state index contributed by atoms with van der Waals surface area (Å²) in [5, 5.41) is 9.52. The Labute approximate surface area is 232 Å². The predicted molar refractivity (Wildman–Crippen MR) is 150 cm³/mol. The Morgan fingerprint density at radius 3 is 2.58 bits per heavy atom. The van der Waals surface area contributed by atoms with Gasteiger partial charge in [0.2, 0.25) is 0 Å². The second-order valence-electron chi connectivity index (χ2n) is 8.23. The number of halogens is 1. The van der Waals surface area contributed by atoms with Crippen LogP contribution in [0.2, 0.25) is 0 Å². The minimum Gasteiger partial charge on any atom is -0.493 e. The van der Waals surface area contributed by atoms with Crippen molar-refractivity contribution in [1.82, 2.24) is 9.71 Å². The number of ether oxygens (including phenoxy) is 1. The molecule has 1 unspecified atom stereocenters. The standard InChI is InChI=1S/C23H30N5O6PS2.ClH/c1-16-20-12-21(33-10-4-9-25)17(5-2-3-8-24)11-22(20)36-23(16)37(31,32)28-15-35(29,30)34-19-7-6-18(13-26)27-14-19;/h6-7,11-12,14,28H,2-5,8-10,15,24-25H2,1H3,(H,29,30);1H. The van der Waals surface area contributed by atoms with E-state index in [-0.39, 0.29) is 28.1 Å². The van der Waals surface area contributed by atoms with Gasteiger partial charge in [0.15, 0.2) is 0 Å². The fraction of sp³-hybridized carbons (Fsp3) is 0.391. The summed E-state index contributed by atoms with van der Waals surface area (Å²) >= 11 is 1.08. The van der Waals surface area contributed by atoms with Crippen LogP contribution < -0.4 is 25.5 Å². The summed E-state index contributed by atoms with van der Waals surface area (Å²) in [5.74, 6) is 0.617. The van der Waals surface area contributed by atoms with Crippen LogP contribution in [0.5, 0.6) is 11.5 Å². The molecule has 0 saturated carbocycles. The van der Waals surface area contributed by atoms with Crippen molar-refractivity contribution in [3.63, 3.8) is 0 Å². The Balaban J connectivity index is 0.00000507. The highest BCUT2D eigenvalue weighted by Crippen LogP contribution is 2.43. The van der Waals surface area contributed by atoms with Gasteiger partial charge >= 0.3 is 7.60 Å². The number of sulfonamides is 1. The van der Waals surface area contributed by atoms with E-state index in [4.69, 9.17) is 26.0 Å². The first-order valence-corrected chi connectivity index (χ1v) is 15.6. The van der Waals surface area contributed by atoms with Crippen molar-refractivity contribution < 1.29 is 27.1 Å². The van der Waals surface area contributed by atoms with Gasteiger partial charge in [0.25, 0.3) is 10.0 Å². The van der Waals surface area contributed by atoms with Gasteiger partial charge in [0.1, 0.15) is 33.8 Å². The molecule has 0 aliphatic carbocycles. The van der Waals surface area contributed by atoms with Crippen molar-refractivity contribution in [3.05, 3.63) is 47.3 Å². The quantitative estimate of drug-likeness (QED) is 0.157. The Kier molecular flexibility index (Phi) is 11.9. The van der Waals surface area contributed by atoms with Gasteiger partial charge < -0.3 is 25.6 Å². The van der Waals surface area contributed by atoms with Gasteiger partial charge in [-0.1, -0.05) is 0 Å². The second-order valence-corrected chi connectivity index (χ2v) is 13.0. The number of unbranched alkanes of at least 4 members (excludes halogenated alkanes) is 1. The molecule has 6 N–H and O–H groups in total. The zero-order valence-electron chi connectivity index (χ0n) is 20.8. The first-order valence-electron chi connectivity index (χ1n) is 11.6. The fourth-order valence-corrected chi connectivity index (χ4v) is 7.86. The molecule has 0 amide bonds. The van der Waals surface area contributed by atoms with Crippen molar-refractivity contribution in [3.8, 4) is 17.6 Å². The number of hydrogen-bond donors (Lipinski definition) is 4. The van der Waals surface area contributed by atoms with Gasteiger partial charge in [-0.25, -0.2) is 18.0 Å². The number of benzene rings is 1. The van der Waals surface area contributed by atoms with Gasteiger partial charge in [0, 0.05) is 10.1 Å². The van der Waals surface area contributed by atoms with Crippen LogP contribution in [0.15, 0.2) is 34.7 Å². The summed E-state index contributed by atoms with van der Waals surface area (Å²) in [6.45, 7) is 3.21. The highest BCUT2D eigenvalue weighted by atomic mass is 35.5. The van der Waals surface area contributed by atoms with E-state index >= 15 is 0 Å². The molecular weight excluding hydrogens is 573 g/mol. The topological polar surface area (TPSA) is 191 Å². The molecule has 1 aromatic carbocycles. The summed E-state index contributed by atoms with van der Waals surface area (Å²) in [5.41, 5.74) is 12.8. The minimum atomic E-state index is -4.40. The molecule has 15 heteroatoms.